The molecule has 0 bridgehead atoms. The van der Waals surface area contributed by atoms with Crippen LogP contribution < -0.4 is 0 Å². The summed E-state index contributed by atoms with van der Waals surface area (Å²) in [4.78, 5) is 1.31. The Bertz CT molecular complexity index is 348. The Morgan fingerprint density at radius 1 is 1.25 bits per heavy atom. The number of halogens is 1. The molecule has 2 rings (SSSR count). The topological polar surface area (TPSA) is 20.2 Å². The molecule has 3 heteroatoms. The van der Waals surface area contributed by atoms with Crippen molar-refractivity contribution in [3.8, 4) is 0 Å². The summed E-state index contributed by atoms with van der Waals surface area (Å²) in [6.07, 6.45) is 6.85. The fraction of sp³-hybridized carbons (Fsp3) is 0.538. The molecule has 1 nitrogen and oxygen atoms in total. The van der Waals surface area contributed by atoms with Crippen molar-refractivity contribution < 1.29 is 5.11 Å². The van der Waals surface area contributed by atoms with Gasteiger partial charge >= 0.3 is 0 Å². The predicted octanol–water partition coefficient (Wildman–Crippen LogP) is 4.37. The molecule has 0 amide bonds. The van der Waals surface area contributed by atoms with E-state index >= 15 is 0 Å². The van der Waals surface area contributed by atoms with Gasteiger partial charge in [0.25, 0.3) is 0 Å². The van der Waals surface area contributed by atoms with E-state index in [4.69, 9.17) is 5.11 Å². The summed E-state index contributed by atoms with van der Waals surface area (Å²) < 4.78 is 1.12. The molecule has 1 aliphatic rings. The first-order valence-corrected chi connectivity index (χ1v) is 7.53. The highest BCUT2D eigenvalue weighted by atomic mass is 79.9. The molecular formula is C13H17BrOS. The highest BCUT2D eigenvalue weighted by molar-refractivity contribution is 9.10. The van der Waals surface area contributed by atoms with Crippen LogP contribution in [0, 0.1) is 0 Å². The van der Waals surface area contributed by atoms with Crippen LogP contribution >= 0.6 is 27.7 Å². The minimum atomic E-state index is 0.118. The first-order valence-electron chi connectivity index (χ1n) is 5.85. The van der Waals surface area contributed by atoms with E-state index < -0.39 is 0 Å². The van der Waals surface area contributed by atoms with Gasteiger partial charge in [-0.15, -0.1) is 11.8 Å². The van der Waals surface area contributed by atoms with Crippen LogP contribution in [0.25, 0.3) is 0 Å². The van der Waals surface area contributed by atoms with Gasteiger partial charge in [-0.1, -0.05) is 25.3 Å². The van der Waals surface area contributed by atoms with E-state index in [9.17, 15) is 0 Å². The van der Waals surface area contributed by atoms with Crippen LogP contribution in [0.5, 0.6) is 0 Å². The smallest absolute Gasteiger partial charge is 0.0682 e. The second-order valence-electron chi connectivity index (χ2n) is 4.30. The van der Waals surface area contributed by atoms with Crippen LogP contribution in [-0.2, 0) is 6.61 Å². The molecule has 1 aliphatic carbocycles. The van der Waals surface area contributed by atoms with Crippen molar-refractivity contribution in [2.75, 3.05) is 0 Å². The third-order valence-corrected chi connectivity index (χ3v) is 5.36. The maximum absolute atomic E-state index is 9.05. The van der Waals surface area contributed by atoms with Gasteiger partial charge in [0.15, 0.2) is 0 Å². The van der Waals surface area contributed by atoms with Gasteiger partial charge in [-0.3, -0.25) is 0 Å². The van der Waals surface area contributed by atoms with E-state index in [1.807, 2.05) is 23.9 Å². The van der Waals surface area contributed by atoms with Gasteiger partial charge in [0.1, 0.15) is 0 Å². The van der Waals surface area contributed by atoms with Crippen LogP contribution in [0.3, 0.4) is 0 Å². The Labute approximate surface area is 110 Å². The predicted molar refractivity (Wildman–Crippen MR) is 72.8 cm³/mol. The van der Waals surface area contributed by atoms with Crippen LogP contribution in [0.1, 0.15) is 37.7 Å². The molecule has 1 fully saturated rings. The molecule has 16 heavy (non-hydrogen) atoms. The summed E-state index contributed by atoms with van der Waals surface area (Å²) in [7, 11) is 0. The summed E-state index contributed by atoms with van der Waals surface area (Å²) >= 11 is 5.56. The van der Waals surface area contributed by atoms with Gasteiger partial charge in [-0.2, -0.15) is 0 Å². The molecular weight excluding hydrogens is 284 g/mol. The third-order valence-electron chi connectivity index (χ3n) is 3.02. The van der Waals surface area contributed by atoms with Crippen molar-refractivity contribution in [2.24, 2.45) is 0 Å². The Kier molecular flexibility index (Phi) is 4.74. The van der Waals surface area contributed by atoms with Gasteiger partial charge in [0, 0.05) is 14.6 Å². The lowest BCUT2D eigenvalue weighted by atomic mass is 10.0. The van der Waals surface area contributed by atoms with E-state index in [0.717, 1.165) is 15.3 Å². The number of hydrogen-bond donors (Lipinski definition) is 1. The Balaban J connectivity index is 2.03. The minimum absolute atomic E-state index is 0.118. The van der Waals surface area contributed by atoms with Crippen molar-refractivity contribution in [3.63, 3.8) is 0 Å². The monoisotopic (exact) mass is 300 g/mol. The van der Waals surface area contributed by atoms with Crippen molar-refractivity contribution in [1.82, 2.24) is 0 Å². The molecule has 0 saturated heterocycles. The van der Waals surface area contributed by atoms with Gasteiger partial charge in [-0.25, -0.2) is 0 Å². The summed E-state index contributed by atoms with van der Waals surface area (Å²) in [5, 5.41) is 9.83. The molecule has 1 N–H and O–H groups in total. The lowest BCUT2D eigenvalue weighted by Gasteiger charge is -2.21. The molecule has 1 saturated carbocycles. The molecule has 0 unspecified atom stereocenters. The van der Waals surface area contributed by atoms with Crippen molar-refractivity contribution in [1.29, 1.82) is 0 Å². The molecule has 0 spiro atoms. The summed E-state index contributed by atoms with van der Waals surface area (Å²) in [6, 6.07) is 6.15. The lowest BCUT2D eigenvalue weighted by Crippen LogP contribution is -2.07. The first kappa shape index (κ1) is 12.5. The van der Waals surface area contributed by atoms with E-state index in [1.165, 1.54) is 37.0 Å². The first-order chi connectivity index (χ1) is 7.79. The van der Waals surface area contributed by atoms with E-state index in [1.54, 1.807) is 0 Å². The highest BCUT2D eigenvalue weighted by Gasteiger charge is 2.15. The number of rotatable bonds is 3. The standard InChI is InChI=1S/C13H17BrOS/c14-12-8-10(9-15)6-7-13(12)16-11-4-2-1-3-5-11/h6-8,11,15H,1-5,9H2. The molecule has 0 atom stereocenters. The summed E-state index contributed by atoms with van der Waals surface area (Å²) in [6.45, 7) is 0.118. The molecule has 0 heterocycles. The molecule has 88 valence electrons. The van der Waals surface area contributed by atoms with Crippen LogP contribution in [-0.4, -0.2) is 10.4 Å². The van der Waals surface area contributed by atoms with Gasteiger partial charge < -0.3 is 5.11 Å². The maximum Gasteiger partial charge on any atom is 0.0682 e. The third kappa shape index (κ3) is 3.25. The van der Waals surface area contributed by atoms with Crippen LogP contribution in [0.2, 0.25) is 0 Å². The van der Waals surface area contributed by atoms with Crippen LogP contribution in [0.15, 0.2) is 27.6 Å². The Morgan fingerprint density at radius 3 is 2.62 bits per heavy atom. The average molecular weight is 301 g/mol. The lowest BCUT2D eigenvalue weighted by molar-refractivity contribution is 0.281. The van der Waals surface area contributed by atoms with E-state index in [-0.39, 0.29) is 6.61 Å². The molecule has 0 aliphatic heterocycles. The maximum atomic E-state index is 9.05. The largest absolute Gasteiger partial charge is 0.392 e. The zero-order chi connectivity index (χ0) is 11.4. The number of aliphatic hydroxyl groups is 1. The fourth-order valence-electron chi connectivity index (χ4n) is 2.10. The number of thioether (sulfide) groups is 1. The zero-order valence-electron chi connectivity index (χ0n) is 9.29. The van der Waals surface area contributed by atoms with E-state index in [2.05, 4.69) is 22.0 Å². The molecule has 0 radical (unpaired) electrons. The van der Waals surface area contributed by atoms with Crippen molar-refractivity contribution >= 4 is 27.7 Å². The van der Waals surface area contributed by atoms with Gasteiger partial charge in [0.05, 0.1) is 6.61 Å². The second-order valence-corrected chi connectivity index (χ2v) is 6.50. The minimum Gasteiger partial charge on any atom is -0.392 e. The summed E-state index contributed by atoms with van der Waals surface area (Å²) in [5.41, 5.74) is 0.972. The molecule has 1 aromatic carbocycles. The van der Waals surface area contributed by atoms with E-state index in [0.29, 0.717) is 0 Å². The van der Waals surface area contributed by atoms with Crippen molar-refractivity contribution in [3.05, 3.63) is 28.2 Å². The quantitative estimate of drug-likeness (QED) is 0.895. The fourth-order valence-corrected chi connectivity index (χ4v) is 4.05. The highest BCUT2D eigenvalue weighted by Crippen LogP contribution is 2.37. The Hall–Kier alpha value is 0.01000. The van der Waals surface area contributed by atoms with Gasteiger partial charge in [-0.05, 0) is 46.5 Å². The van der Waals surface area contributed by atoms with Crippen molar-refractivity contribution in [2.45, 2.75) is 48.9 Å². The number of aliphatic hydroxyl groups excluding tert-OH is 1. The molecule has 0 aromatic heterocycles. The Morgan fingerprint density at radius 2 is 2.00 bits per heavy atom. The normalized spacial score (nSPS) is 17.6. The zero-order valence-corrected chi connectivity index (χ0v) is 11.7. The number of benzene rings is 1. The average Bonchev–Trinajstić information content (AvgIpc) is 2.33. The second kappa shape index (κ2) is 6.08. The molecule has 1 aromatic rings. The van der Waals surface area contributed by atoms with Crippen LogP contribution in [0.4, 0.5) is 0 Å². The summed E-state index contributed by atoms with van der Waals surface area (Å²) in [5.74, 6) is 0. The number of hydrogen-bond acceptors (Lipinski definition) is 2. The van der Waals surface area contributed by atoms with Gasteiger partial charge in [0.2, 0.25) is 0 Å². The SMILES string of the molecule is OCc1ccc(SC2CCCCC2)c(Br)c1.